The zero-order chi connectivity index (χ0) is 28.7. The van der Waals surface area contributed by atoms with Gasteiger partial charge < -0.3 is 24.6 Å². The van der Waals surface area contributed by atoms with E-state index in [0.717, 1.165) is 53.8 Å². The van der Waals surface area contributed by atoms with Crippen molar-refractivity contribution in [3.8, 4) is 5.75 Å². The maximum absolute atomic E-state index is 14.4. The summed E-state index contributed by atoms with van der Waals surface area (Å²) in [5, 5.41) is 14.7. The maximum Gasteiger partial charge on any atom is 0.322 e. The molecule has 3 heterocycles. The van der Waals surface area contributed by atoms with Crippen LogP contribution in [0, 0.1) is 11.6 Å². The Morgan fingerprint density at radius 3 is 2.49 bits per heavy atom. The summed E-state index contributed by atoms with van der Waals surface area (Å²) >= 11 is 0. The van der Waals surface area contributed by atoms with Gasteiger partial charge in [0, 0.05) is 53.9 Å². The summed E-state index contributed by atoms with van der Waals surface area (Å²) in [6.45, 7) is 2.16. The van der Waals surface area contributed by atoms with Crippen molar-refractivity contribution in [2.45, 2.75) is 30.8 Å². The summed E-state index contributed by atoms with van der Waals surface area (Å²) in [4.78, 5) is 17.7. The van der Waals surface area contributed by atoms with E-state index in [1.54, 1.807) is 18.1 Å². The number of nitrogens with one attached hydrogen (secondary N) is 1. The number of aromatic nitrogens is 1. The van der Waals surface area contributed by atoms with E-state index in [4.69, 9.17) is 4.74 Å². The highest BCUT2D eigenvalue weighted by atomic mass is 19.1. The van der Waals surface area contributed by atoms with Gasteiger partial charge in [0.05, 0.1) is 25.3 Å². The van der Waals surface area contributed by atoms with Gasteiger partial charge in [0.2, 0.25) is 0 Å². The molecule has 1 spiro atoms. The first-order valence-corrected chi connectivity index (χ1v) is 13.9. The van der Waals surface area contributed by atoms with Gasteiger partial charge in [0.15, 0.2) is 0 Å². The van der Waals surface area contributed by atoms with E-state index in [-0.39, 0.29) is 29.7 Å². The minimum absolute atomic E-state index is 0.204. The highest BCUT2D eigenvalue weighted by molar-refractivity contribution is 5.92. The number of piperidine rings is 1. The first kappa shape index (κ1) is 27.2. The van der Waals surface area contributed by atoms with Crippen LogP contribution in [0.25, 0.3) is 10.9 Å². The number of benzene rings is 3. The number of aliphatic hydroxyl groups is 1. The van der Waals surface area contributed by atoms with E-state index < -0.39 is 6.04 Å². The number of hydrogen-bond acceptors (Lipinski definition) is 4. The summed E-state index contributed by atoms with van der Waals surface area (Å²) in [7, 11) is 3.60. The van der Waals surface area contributed by atoms with Crippen molar-refractivity contribution in [1.29, 1.82) is 0 Å². The maximum atomic E-state index is 14.4. The van der Waals surface area contributed by atoms with Gasteiger partial charge in [-0.3, -0.25) is 4.90 Å². The summed E-state index contributed by atoms with van der Waals surface area (Å²) < 4.78 is 35.5. The largest absolute Gasteiger partial charge is 0.497 e. The van der Waals surface area contributed by atoms with Gasteiger partial charge >= 0.3 is 6.03 Å². The van der Waals surface area contributed by atoms with Gasteiger partial charge in [-0.15, -0.1) is 0 Å². The zero-order valence-corrected chi connectivity index (χ0v) is 23.2. The summed E-state index contributed by atoms with van der Waals surface area (Å²) in [6.07, 6.45) is 1.52. The van der Waals surface area contributed by atoms with E-state index >= 15 is 0 Å². The van der Waals surface area contributed by atoms with E-state index in [2.05, 4.69) is 20.9 Å². The summed E-state index contributed by atoms with van der Waals surface area (Å²) in [5.41, 5.74) is 3.81. The van der Waals surface area contributed by atoms with Crippen LogP contribution in [0.1, 0.15) is 35.7 Å². The van der Waals surface area contributed by atoms with Gasteiger partial charge in [-0.05, 0) is 74.0 Å². The van der Waals surface area contributed by atoms with Crippen molar-refractivity contribution in [3.63, 3.8) is 0 Å². The minimum Gasteiger partial charge on any atom is -0.497 e. The minimum atomic E-state index is -0.573. The van der Waals surface area contributed by atoms with Gasteiger partial charge in [-0.1, -0.05) is 18.2 Å². The predicted molar refractivity (Wildman–Crippen MR) is 154 cm³/mol. The molecule has 0 bridgehead atoms. The molecule has 0 saturated carbocycles. The number of aliphatic hydroxyl groups excluding tert-OH is 1. The normalized spacial score (nSPS) is 18.5. The molecule has 2 N–H and O–H groups in total. The molecular formula is C32H34F2N4O3. The number of anilines is 1. The van der Waals surface area contributed by atoms with Crippen molar-refractivity contribution in [1.82, 2.24) is 14.4 Å². The van der Waals surface area contributed by atoms with Crippen LogP contribution in [0.2, 0.25) is 0 Å². The fourth-order valence-corrected chi connectivity index (χ4v) is 6.71. The number of aryl methyl sites for hydroxylation is 1. The summed E-state index contributed by atoms with van der Waals surface area (Å²) in [5.74, 6) is 0.145. The molecule has 2 amide bonds. The van der Waals surface area contributed by atoms with Crippen molar-refractivity contribution < 1.29 is 23.4 Å². The lowest BCUT2D eigenvalue weighted by molar-refractivity contribution is 0.0689. The van der Waals surface area contributed by atoms with Gasteiger partial charge in [0.1, 0.15) is 17.4 Å². The van der Waals surface area contributed by atoms with Crippen LogP contribution in [0.4, 0.5) is 19.3 Å². The molecule has 7 nitrogen and oxygen atoms in total. The molecule has 9 heteroatoms. The number of carbonyl (C=O) groups is 1. The highest BCUT2D eigenvalue weighted by Crippen LogP contribution is 2.50. The second kappa shape index (κ2) is 10.8. The van der Waals surface area contributed by atoms with Crippen molar-refractivity contribution in [3.05, 3.63) is 95.2 Å². The monoisotopic (exact) mass is 560 g/mol. The van der Waals surface area contributed by atoms with Gasteiger partial charge in [-0.2, -0.15) is 0 Å². The molecule has 2 aliphatic heterocycles. The fraction of sp³-hybridized carbons (Fsp3) is 0.344. The molecule has 1 aromatic heterocycles. The standard InChI is InChI=1S/C32H34F2N4O3/c1-36-27-17-24(41-2)11-12-25(27)29-30(36)28(19-39)38(31(40)35-23-9-7-22(33)8-10-23)20-32(29)13-15-37(16-14-32)18-21-5-3-4-6-26(21)34/h3-12,17,28,39H,13-16,18-20H2,1-2H3,(H,35,40)/t28-/m0/s1. The number of methoxy groups -OCH3 is 1. The smallest absolute Gasteiger partial charge is 0.322 e. The molecule has 0 unspecified atom stereocenters. The number of rotatable bonds is 5. The van der Waals surface area contributed by atoms with Crippen LogP contribution in [-0.4, -0.2) is 58.9 Å². The number of carbonyl (C=O) groups excluding carboxylic acids is 1. The number of likely N-dealkylation sites (tertiary alicyclic amines) is 1. The number of urea groups is 1. The van der Waals surface area contributed by atoms with Gasteiger partial charge in [-0.25, -0.2) is 13.6 Å². The van der Waals surface area contributed by atoms with E-state index in [1.165, 1.54) is 30.3 Å². The topological polar surface area (TPSA) is 70.0 Å². The lowest BCUT2D eigenvalue weighted by atomic mass is 9.68. The molecular weight excluding hydrogens is 526 g/mol. The zero-order valence-electron chi connectivity index (χ0n) is 23.2. The first-order chi connectivity index (χ1) is 19.8. The molecule has 4 aromatic rings. The number of fused-ring (bicyclic) bond motifs is 4. The van der Waals surface area contributed by atoms with Crippen molar-refractivity contribution in [2.24, 2.45) is 7.05 Å². The first-order valence-electron chi connectivity index (χ1n) is 13.9. The Kier molecular flexibility index (Phi) is 7.17. The summed E-state index contributed by atoms with van der Waals surface area (Å²) in [6, 6.07) is 17.6. The number of ether oxygens (including phenoxy) is 1. The Hall–Kier alpha value is -3.95. The Labute approximate surface area is 237 Å². The third-order valence-electron chi connectivity index (χ3n) is 8.84. The number of nitrogens with zero attached hydrogens (tertiary/aromatic N) is 3. The molecule has 1 atom stereocenters. The van der Waals surface area contributed by atoms with Crippen LogP contribution in [0.5, 0.6) is 5.75 Å². The molecule has 41 heavy (non-hydrogen) atoms. The average Bonchev–Trinajstić information content (AvgIpc) is 3.29. The Morgan fingerprint density at radius 2 is 1.80 bits per heavy atom. The van der Waals surface area contributed by atoms with Crippen LogP contribution in [-0.2, 0) is 19.0 Å². The number of amides is 2. The molecule has 6 rings (SSSR count). The van der Waals surface area contributed by atoms with Crippen LogP contribution in [0.3, 0.4) is 0 Å². The molecule has 1 fully saturated rings. The highest BCUT2D eigenvalue weighted by Gasteiger charge is 2.49. The third kappa shape index (κ3) is 4.83. The molecule has 0 radical (unpaired) electrons. The van der Waals surface area contributed by atoms with Gasteiger partial charge in [0.25, 0.3) is 0 Å². The molecule has 2 aliphatic rings. The van der Waals surface area contributed by atoms with E-state index in [0.29, 0.717) is 24.3 Å². The average molecular weight is 561 g/mol. The quantitative estimate of drug-likeness (QED) is 0.335. The molecule has 214 valence electrons. The van der Waals surface area contributed by atoms with E-state index in [9.17, 15) is 18.7 Å². The molecule has 1 saturated heterocycles. The Balaban J connectivity index is 1.39. The van der Waals surface area contributed by atoms with E-state index in [1.807, 2.05) is 31.3 Å². The van der Waals surface area contributed by atoms with Crippen molar-refractivity contribution in [2.75, 3.05) is 38.7 Å². The molecule has 3 aromatic carbocycles. The second-order valence-corrected chi connectivity index (χ2v) is 11.1. The van der Waals surface area contributed by atoms with Crippen LogP contribution < -0.4 is 10.1 Å². The van der Waals surface area contributed by atoms with Crippen molar-refractivity contribution >= 4 is 22.6 Å². The van der Waals surface area contributed by atoms with Crippen LogP contribution in [0.15, 0.2) is 66.7 Å². The number of halogens is 2. The lowest BCUT2D eigenvalue weighted by Crippen LogP contribution is -2.56. The third-order valence-corrected chi connectivity index (χ3v) is 8.84. The fourth-order valence-electron chi connectivity index (χ4n) is 6.71. The SMILES string of the molecule is COc1ccc2c3c(n(C)c2c1)[C@H](CO)N(C(=O)Nc1ccc(F)cc1)CC31CCN(Cc2ccccc2F)CC1. The Morgan fingerprint density at radius 1 is 1.07 bits per heavy atom. The van der Waals surface area contributed by atoms with Crippen LogP contribution >= 0.6 is 0 Å². The Bertz CT molecular complexity index is 1580. The lowest BCUT2D eigenvalue weighted by Gasteiger charge is -2.50. The second-order valence-electron chi connectivity index (χ2n) is 11.1. The predicted octanol–water partition coefficient (Wildman–Crippen LogP) is 5.58. The molecule has 0 aliphatic carbocycles. The number of hydrogen-bond donors (Lipinski definition) is 2.